The Bertz CT molecular complexity index is 1400. The van der Waals surface area contributed by atoms with Crippen LogP contribution in [0.2, 0.25) is 0 Å². The van der Waals surface area contributed by atoms with Crippen molar-refractivity contribution in [1.29, 1.82) is 0 Å². The maximum atomic E-state index is 6.03. The van der Waals surface area contributed by atoms with E-state index >= 15 is 0 Å². The molecule has 0 fully saturated rings. The van der Waals surface area contributed by atoms with E-state index in [-0.39, 0.29) is 5.95 Å². The molecule has 5 aromatic rings. The minimum atomic E-state index is 0.194. The Hall–Kier alpha value is -4.59. The van der Waals surface area contributed by atoms with Crippen molar-refractivity contribution in [3.63, 3.8) is 0 Å². The lowest BCUT2D eigenvalue weighted by atomic mass is 10.1. The number of hydrogen-bond donors (Lipinski definition) is 2. The first-order valence-electron chi connectivity index (χ1n) is 9.98. The number of hydrogen-bond acceptors (Lipinski definition) is 8. The molecule has 3 aromatic heterocycles. The van der Waals surface area contributed by atoms with Gasteiger partial charge in [-0.15, -0.1) is 5.10 Å². The summed E-state index contributed by atoms with van der Waals surface area (Å²) in [6.45, 7) is 1.95. The molecule has 5 rings (SSSR count). The summed E-state index contributed by atoms with van der Waals surface area (Å²) in [7, 11) is 0. The van der Waals surface area contributed by atoms with Gasteiger partial charge in [-0.05, 0) is 49.4 Å². The summed E-state index contributed by atoms with van der Waals surface area (Å²) in [5.41, 5.74) is 8.85. The minimum absolute atomic E-state index is 0.194. The first kappa shape index (κ1) is 19.4. The van der Waals surface area contributed by atoms with Crippen molar-refractivity contribution in [3.8, 4) is 22.9 Å². The molecular weight excluding hydrogens is 402 g/mol. The first-order chi connectivity index (χ1) is 15.7. The number of fused-ring (bicyclic) bond motifs is 1. The number of nitrogens with one attached hydrogen (secondary N) is 1. The molecule has 156 valence electrons. The van der Waals surface area contributed by atoms with Crippen molar-refractivity contribution in [1.82, 2.24) is 25.1 Å². The van der Waals surface area contributed by atoms with E-state index in [1.165, 1.54) is 0 Å². The van der Waals surface area contributed by atoms with Crippen LogP contribution in [-0.2, 0) is 0 Å². The number of nitrogens with two attached hydrogens (primary N) is 1. The van der Waals surface area contributed by atoms with Gasteiger partial charge in [0.1, 0.15) is 5.75 Å². The Balaban J connectivity index is 1.39. The SMILES string of the molecule is Cc1nnc(Nc2ccc(Oc3ncccc3-c3ccnc(N)n3)cc2)c2ccccc12. The van der Waals surface area contributed by atoms with Crippen LogP contribution in [0.3, 0.4) is 0 Å². The van der Waals surface area contributed by atoms with Crippen LogP contribution in [0.25, 0.3) is 22.0 Å². The average Bonchev–Trinajstić information content (AvgIpc) is 2.83. The summed E-state index contributed by atoms with van der Waals surface area (Å²) in [6, 6.07) is 21.1. The quantitative estimate of drug-likeness (QED) is 0.412. The summed E-state index contributed by atoms with van der Waals surface area (Å²) >= 11 is 0. The van der Waals surface area contributed by atoms with Gasteiger partial charge in [-0.25, -0.2) is 15.0 Å². The molecular formula is C24H19N7O. The van der Waals surface area contributed by atoms with Crippen LogP contribution >= 0.6 is 0 Å². The van der Waals surface area contributed by atoms with Gasteiger partial charge < -0.3 is 15.8 Å². The largest absolute Gasteiger partial charge is 0.438 e. The van der Waals surface area contributed by atoms with Gasteiger partial charge in [0.25, 0.3) is 0 Å². The molecule has 0 aliphatic heterocycles. The number of aromatic nitrogens is 5. The Morgan fingerprint density at radius 3 is 2.44 bits per heavy atom. The third kappa shape index (κ3) is 3.89. The van der Waals surface area contributed by atoms with Gasteiger partial charge >= 0.3 is 0 Å². The van der Waals surface area contributed by atoms with Gasteiger partial charge in [-0.1, -0.05) is 24.3 Å². The Morgan fingerprint density at radius 2 is 1.62 bits per heavy atom. The van der Waals surface area contributed by atoms with Crippen molar-refractivity contribution in [2.24, 2.45) is 0 Å². The lowest BCUT2D eigenvalue weighted by Crippen LogP contribution is -1.99. The van der Waals surface area contributed by atoms with Crippen LogP contribution in [-0.4, -0.2) is 25.1 Å². The monoisotopic (exact) mass is 421 g/mol. The molecule has 0 atom stereocenters. The first-order valence-corrected chi connectivity index (χ1v) is 9.98. The van der Waals surface area contributed by atoms with E-state index in [0.29, 0.717) is 23.1 Å². The molecule has 2 aromatic carbocycles. The number of aryl methyl sites for hydroxylation is 1. The van der Waals surface area contributed by atoms with Crippen molar-refractivity contribution in [2.75, 3.05) is 11.1 Å². The number of nitrogen functional groups attached to an aromatic ring is 1. The maximum Gasteiger partial charge on any atom is 0.228 e. The van der Waals surface area contributed by atoms with E-state index in [1.807, 2.05) is 67.6 Å². The molecule has 0 amide bonds. The second-order valence-electron chi connectivity index (χ2n) is 7.09. The maximum absolute atomic E-state index is 6.03. The van der Waals surface area contributed by atoms with Crippen LogP contribution in [0, 0.1) is 6.92 Å². The van der Waals surface area contributed by atoms with Crippen molar-refractivity contribution < 1.29 is 4.74 Å². The Morgan fingerprint density at radius 1 is 0.812 bits per heavy atom. The zero-order valence-electron chi connectivity index (χ0n) is 17.2. The topological polar surface area (TPSA) is 112 Å². The number of rotatable bonds is 5. The molecule has 32 heavy (non-hydrogen) atoms. The van der Waals surface area contributed by atoms with E-state index in [4.69, 9.17) is 10.5 Å². The molecule has 8 heteroatoms. The molecule has 0 saturated carbocycles. The molecule has 3 heterocycles. The summed E-state index contributed by atoms with van der Waals surface area (Å²) in [6.07, 6.45) is 3.27. The second-order valence-corrected chi connectivity index (χ2v) is 7.09. The fourth-order valence-corrected chi connectivity index (χ4v) is 3.38. The summed E-state index contributed by atoms with van der Waals surface area (Å²) < 4.78 is 6.03. The van der Waals surface area contributed by atoms with E-state index in [2.05, 4.69) is 30.5 Å². The number of benzene rings is 2. The smallest absolute Gasteiger partial charge is 0.228 e. The van der Waals surface area contributed by atoms with Gasteiger partial charge in [-0.2, -0.15) is 5.10 Å². The third-order valence-electron chi connectivity index (χ3n) is 4.92. The van der Waals surface area contributed by atoms with Gasteiger partial charge in [0.2, 0.25) is 11.8 Å². The Kier molecular flexibility index (Phi) is 5.01. The number of nitrogens with zero attached hydrogens (tertiary/aromatic N) is 5. The van der Waals surface area contributed by atoms with Crippen LogP contribution in [0.5, 0.6) is 11.6 Å². The van der Waals surface area contributed by atoms with Crippen LogP contribution < -0.4 is 15.8 Å². The molecule has 0 radical (unpaired) electrons. The molecule has 0 spiro atoms. The van der Waals surface area contributed by atoms with Crippen molar-refractivity contribution >= 4 is 28.2 Å². The van der Waals surface area contributed by atoms with Crippen molar-refractivity contribution in [3.05, 3.63) is 84.8 Å². The number of ether oxygens (including phenoxy) is 1. The van der Waals surface area contributed by atoms with E-state index in [9.17, 15) is 0 Å². The van der Waals surface area contributed by atoms with Crippen LogP contribution in [0.1, 0.15) is 5.69 Å². The molecule has 0 saturated heterocycles. The zero-order chi connectivity index (χ0) is 21.9. The van der Waals surface area contributed by atoms with Gasteiger partial charge in [0.05, 0.1) is 17.0 Å². The molecule has 0 bridgehead atoms. The van der Waals surface area contributed by atoms with Gasteiger partial charge in [0, 0.05) is 28.9 Å². The average molecular weight is 421 g/mol. The van der Waals surface area contributed by atoms with Crippen molar-refractivity contribution in [2.45, 2.75) is 6.92 Å². The highest BCUT2D eigenvalue weighted by atomic mass is 16.5. The minimum Gasteiger partial charge on any atom is -0.438 e. The molecule has 0 aliphatic carbocycles. The van der Waals surface area contributed by atoms with Crippen LogP contribution in [0.15, 0.2) is 79.1 Å². The third-order valence-corrected chi connectivity index (χ3v) is 4.92. The van der Waals surface area contributed by atoms with Crippen LogP contribution in [0.4, 0.5) is 17.5 Å². The predicted molar refractivity (Wildman–Crippen MR) is 124 cm³/mol. The molecule has 3 N–H and O–H groups in total. The fourth-order valence-electron chi connectivity index (χ4n) is 3.38. The molecule has 8 nitrogen and oxygen atoms in total. The summed E-state index contributed by atoms with van der Waals surface area (Å²) in [5, 5.41) is 14.0. The normalized spacial score (nSPS) is 10.8. The lowest BCUT2D eigenvalue weighted by Gasteiger charge is -2.12. The highest BCUT2D eigenvalue weighted by molar-refractivity contribution is 5.94. The highest BCUT2D eigenvalue weighted by Gasteiger charge is 2.11. The number of pyridine rings is 1. The number of anilines is 3. The predicted octanol–water partition coefficient (Wildman–Crippen LogP) is 4.91. The lowest BCUT2D eigenvalue weighted by molar-refractivity contribution is 0.465. The van der Waals surface area contributed by atoms with E-state index in [0.717, 1.165) is 27.7 Å². The Labute approximate surface area is 184 Å². The molecule has 0 unspecified atom stereocenters. The van der Waals surface area contributed by atoms with E-state index in [1.54, 1.807) is 18.5 Å². The van der Waals surface area contributed by atoms with Gasteiger partial charge in [0.15, 0.2) is 5.82 Å². The van der Waals surface area contributed by atoms with Gasteiger partial charge in [-0.3, -0.25) is 0 Å². The highest BCUT2D eigenvalue weighted by Crippen LogP contribution is 2.31. The summed E-state index contributed by atoms with van der Waals surface area (Å²) in [4.78, 5) is 12.6. The standard InChI is InChI=1S/C24H19N7O/c1-15-18-5-2-3-6-19(18)22(31-30-15)28-16-8-10-17(11-9-16)32-23-20(7-4-13-26-23)21-12-14-27-24(25)29-21/h2-14H,1H3,(H,28,31)(H2,25,27,29). The fraction of sp³-hybridized carbons (Fsp3) is 0.0417. The summed E-state index contributed by atoms with van der Waals surface area (Å²) in [5.74, 6) is 1.96. The molecule has 0 aliphatic rings. The second kappa shape index (κ2) is 8.27. The zero-order valence-corrected chi connectivity index (χ0v) is 17.2. The van der Waals surface area contributed by atoms with E-state index < -0.39 is 0 Å².